The monoisotopic (exact) mass is 112 g/mol. The molecule has 0 spiro atoms. The van der Waals surface area contributed by atoms with E-state index in [0.717, 1.165) is 12.3 Å². The van der Waals surface area contributed by atoms with E-state index in [1.165, 1.54) is 6.20 Å². The summed E-state index contributed by atoms with van der Waals surface area (Å²) in [7, 11) is 0. The molecule has 0 heterocycles. The van der Waals surface area contributed by atoms with E-state index in [-0.39, 0.29) is 0 Å². The maximum atomic E-state index is 5.10. The van der Waals surface area contributed by atoms with Crippen molar-refractivity contribution < 1.29 is 0 Å². The molecule has 0 bridgehead atoms. The van der Waals surface area contributed by atoms with Crippen molar-refractivity contribution in [3.63, 3.8) is 0 Å². The van der Waals surface area contributed by atoms with Gasteiger partial charge in [0.25, 0.3) is 0 Å². The van der Waals surface area contributed by atoms with Crippen molar-refractivity contribution in [1.29, 1.82) is 0 Å². The lowest BCUT2D eigenvalue weighted by atomic mass is 10.4. The van der Waals surface area contributed by atoms with E-state index < -0.39 is 0 Å². The maximum absolute atomic E-state index is 5.10. The molecule has 0 aliphatic heterocycles. The number of nitrogens with two attached hydrogens (primary N) is 1. The van der Waals surface area contributed by atoms with Gasteiger partial charge in [-0.25, -0.2) is 0 Å². The third kappa shape index (κ3) is 3.40. The molecule has 0 fully saturated rings. The molecule has 0 radical (unpaired) electrons. The van der Waals surface area contributed by atoms with E-state index in [9.17, 15) is 0 Å². The van der Waals surface area contributed by atoms with Crippen LogP contribution in [0.15, 0.2) is 17.3 Å². The molecule has 0 aromatic carbocycles. The molecule has 0 saturated heterocycles. The van der Waals surface area contributed by atoms with Gasteiger partial charge in [-0.3, -0.25) is 4.99 Å². The Morgan fingerprint density at radius 1 is 1.75 bits per heavy atom. The largest absolute Gasteiger partial charge is 0.405 e. The quantitative estimate of drug-likeness (QED) is 0.530. The van der Waals surface area contributed by atoms with E-state index >= 15 is 0 Å². The fourth-order valence-corrected chi connectivity index (χ4v) is 0.441. The summed E-state index contributed by atoms with van der Waals surface area (Å²) in [4.78, 5) is 4.06. The second-order valence-electron chi connectivity index (χ2n) is 1.47. The number of nitrogens with zero attached hydrogens (tertiary/aromatic N) is 1. The van der Waals surface area contributed by atoms with E-state index in [2.05, 4.69) is 4.99 Å². The number of hydrogen-bond donors (Lipinski definition) is 1. The SMILES string of the molecule is CCN=C(C)/C=C\N. The molecule has 0 rings (SSSR count). The summed E-state index contributed by atoms with van der Waals surface area (Å²) in [6.45, 7) is 4.75. The van der Waals surface area contributed by atoms with Crippen molar-refractivity contribution in [2.24, 2.45) is 10.7 Å². The normalized spacial score (nSPS) is 13.0. The van der Waals surface area contributed by atoms with Crippen molar-refractivity contribution in [3.05, 3.63) is 12.3 Å². The van der Waals surface area contributed by atoms with Gasteiger partial charge in [0, 0.05) is 12.3 Å². The van der Waals surface area contributed by atoms with E-state index in [1.54, 1.807) is 6.08 Å². The zero-order valence-corrected chi connectivity index (χ0v) is 5.39. The van der Waals surface area contributed by atoms with Crippen LogP contribution in [-0.2, 0) is 0 Å². The predicted molar refractivity (Wildman–Crippen MR) is 37.0 cm³/mol. The minimum absolute atomic E-state index is 0.830. The topological polar surface area (TPSA) is 38.4 Å². The number of aliphatic imine (C=N–C) groups is 1. The Labute approximate surface area is 50.1 Å². The van der Waals surface area contributed by atoms with Gasteiger partial charge >= 0.3 is 0 Å². The van der Waals surface area contributed by atoms with Crippen LogP contribution in [0.5, 0.6) is 0 Å². The fraction of sp³-hybridized carbons (Fsp3) is 0.500. The standard InChI is InChI=1S/C6H12N2/c1-3-8-6(2)4-5-7/h4-5H,3,7H2,1-2H3/b5-4-,8-6?. The Morgan fingerprint density at radius 2 is 2.38 bits per heavy atom. The highest BCUT2D eigenvalue weighted by atomic mass is 14.7. The van der Waals surface area contributed by atoms with E-state index in [1.807, 2.05) is 13.8 Å². The second kappa shape index (κ2) is 4.37. The molecule has 8 heavy (non-hydrogen) atoms. The van der Waals surface area contributed by atoms with Gasteiger partial charge < -0.3 is 5.73 Å². The highest BCUT2D eigenvalue weighted by Crippen LogP contribution is 1.77. The lowest BCUT2D eigenvalue weighted by Crippen LogP contribution is -1.87. The third-order valence-electron chi connectivity index (χ3n) is 0.745. The van der Waals surface area contributed by atoms with Gasteiger partial charge in [-0.2, -0.15) is 0 Å². The summed E-state index contributed by atoms with van der Waals surface area (Å²) < 4.78 is 0. The fourth-order valence-electron chi connectivity index (χ4n) is 0.441. The molecule has 0 aliphatic carbocycles. The summed E-state index contributed by atoms with van der Waals surface area (Å²) in [5.74, 6) is 0. The van der Waals surface area contributed by atoms with E-state index in [0.29, 0.717) is 0 Å². The lowest BCUT2D eigenvalue weighted by Gasteiger charge is -1.85. The average molecular weight is 112 g/mol. The molecular weight excluding hydrogens is 100 g/mol. The maximum Gasteiger partial charge on any atom is 0.0364 e. The van der Waals surface area contributed by atoms with Gasteiger partial charge in [0.1, 0.15) is 0 Å². The van der Waals surface area contributed by atoms with Crippen molar-refractivity contribution in [1.82, 2.24) is 0 Å². The van der Waals surface area contributed by atoms with Crippen LogP contribution in [0.4, 0.5) is 0 Å². The number of rotatable bonds is 2. The molecule has 0 unspecified atom stereocenters. The van der Waals surface area contributed by atoms with Crippen molar-refractivity contribution in [3.8, 4) is 0 Å². The van der Waals surface area contributed by atoms with Crippen molar-refractivity contribution >= 4 is 5.71 Å². The Kier molecular flexibility index (Phi) is 3.94. The molecule has 0 atom stereocenters. The van der Waals surface area contributed by atoms with Gasteiger partial charge in [-0.1, -0.05) is 0 Å². The Balaban J connectivity index is 3.61. The molecule has 2 nitrogen and oxygen atoms in total. The summed E-state index contributed by atoms with van der Waals surface area (Å²) in [5, 5.41) is 0. The molecule has 2 heteroatoms. The number of allylic oxidation sites excluding steroid dienone is 1. The molecule has 46 valence electrons. The van der Waals surface area contributed by atoms with Crippen LogP contribution in [-0.4, -0.2) is 12.3 Å². The molecule has 0 saturated carbocycles. The first-order valence-corrected chi connectivity index (χ1v) is 2.70. The molecule has 0 aromatic rings. The molecule has 0 amide bonds. The lowest BCUT2D eigenvalue weighted by molar-refractivity contribution is 1.13. The minimum atomic E-state index is 0.830. The smallest absolute Gasteiger partial charge is 0.0364 e. The summed E-state index contributed by atoms with van der Waals surface area (Å²) in [6, 6.07) is 0. The molecule has 2 N–H and O–H groups in total. The van der Waals surface area contributed by atoms with Gasteiger partial charge in [0.2, 0.25) is 0 Å². The van der Waals surface area contributed by atoms with Crippen LogP contribution >= 0.6 is 0 Å². The molecular formula is C6H12N2. The zero-order valence-electron chi connectivity index (χ0n) is 5.39. The van der Waals surface area contributed by atoms with Crippen molar-refractivity contribution in [2.75, 3.05) is 6.54 Å². The van der Waals surface area contributed by atoms with Gasteiger partial charge in [-0.05, 0) is 26.1 Å². The summed E-state index contributed by atoms with van der Waals surface area (Å²) in [6.07, 6.45) is 3.28. The Bertz CT molecular complexity index is 103. The van der Waals surface area contributed by atoms with Crippen LogP contribution in [0.25, 0.3) is 0 Å². The van der Waals surface area contributed by atoms with E-state index in [4.69, 9.17) is 5.73 Å². The van der Waals surface area contributed by atoms with Gasteiger partial charge in [-0.15, -0.1) is 0 Å². The predicted octanol–water partition coefficient (Wildman–Crippen LogP) is 0.940. The first-order valence-electron chi connectivity index (χ1n) is 2.70. The minimum Gasteiger partial charge on any atom is -0.405 e. The first-order chi connectivity index (χ1) is 3.81. The van der Waals surface area contributed by atoms with Crippen molar-refractivity contribution in [2.45, 2.75) is 13.8 Å². The Morgan fingerprint density at radius 3 is 2.75 bits per heavy atom. The highest BCUT2D eigenvalue weighted by Gasteiger charge is 1.75. The van der Waals surface area contributed by atoms with Crippen LogP contribution in [0, 0.1) is 0 Å². The van der Waals surface area contributed by atoms with Crippen LogP contribution < -0.4 is 5.73 Å². The summed E-state index contributed by atoms with van der Waals surface area (Å²) in [5.41, 5.74) is 6.08. The van der Waals surface area contributed by atoms with Crippen LogP contribution in [0.1, 0.15) is 13.8 Å². The highest BCUT2D eigenvalue weighted by molar-refractivity contribution is 5.92. The molecule has 0 aromatic heterocycles. The number of hydrogen-bond acceptors (Lipinski definition) is 2. The first kappa shape index (κ1) is 7.21. The zero-order chi connectivity index (χ0) is 6.41. The van der Waals surface area contributed by atoms with Crippen LogP contribution in [0.3, 0.4) is 0 Å². The van der Waals surface area contributed by atoms with Gasteiger partial charge in [0.15, 0.2) is 0 Å². The summed E-state index contributed by atoms with van der Waals surface area (Å²) >= 11 is 0. The third-order valence-corrected chi connectivity index (χ3v) is 0.745. The Hall–Kier alpha value is -0.790. The second-order valence-corrected chi connectivity index (χ2v) is 1.47. The van der Waals surface area contributed by atoms with Crippen LogP contribution in [0.2, 0.25) is 0 Å². The average Bonchev–Trinajstić information content (AvgIpc) is 1.68. The molecule has 0 aliphatic rings. The van der Waals surface area contributed by atoms with Gasteiger partial charge in [0.05, 0.1) is 0 Å².